The first-order valence-corrected chi connectivity index (χ1v) is 11.1. The molecule has 0 bridgehead atoms. The normalized spacial score (nSPS) is 50.9. The monoisotopic (exact) mass is 416 g/mol. The van der Waals surface area contributed by atoms with Gasteiger partial charge < -0.3 is 19.7 Å². The molecule has 6 nitrogen and oxygen atoms in total. The first-order valence-electron chi connectivity index (χ1n) is 11.1. The fourth-order valence-electron chi connectivity index (χ4n) is 8.04. The Balaban J connectivity index is 1.59. The largest absolute Gasteiger partial charge is 0.393 e. The van der Waals surface area contributed by atoms with Crippen LogP contribution in [0.15, 0.2) is 23.8 Å². The molecule has 1 aliphatic heterocycles. The van der Waals surface area contributed by atoms with Gasteiger partial charge in [0.25, 0.3) is 0 Å². The number of aliphatic hydroxyl groups is 2. The second kappa shape index (κ2) is 6.12. The number of hydrogen-bond acceptors (Lipinski definition) is 6. The van der Waals surface area contributed by atoms with Gasteiger partial charge in [-0.3, -0.25) is 9.59 Å². The first kappa shape index (κ1) is 20.6. The number of aliphatic hydroxyl groups excluding tert-OH is 2. The highest BCUT2D eigenvalue weighted by Gasteiger charge is 2.76. The molecule has 30 heavy (non-hydrogen) atoms. The van der Waals surface area contributed by atoms with Crippen LogP contribution in [0.5, 0.6) is 0 Å². The van der Waals surface area contributed by atoms with Crippen molar-refractivity contribution in [1.82, 2.24) is 0 Å². The zero-order chi connectivity index (χ0) is 21.7. The number of hydrogen-bond donors (Lipinski definition) is 2. The van der Waals surface area contributed by atoms with Crippen molar-refractivity contribution in [1.29, 1.82) is 0 Å². The Labute approximate surface area is 177 Å². The van der Waals surface area contributed by atoms with E-state index < -0.39 is 35.6 Å². The van der Waals surface area contributed by atoms with Crippen molar-refractivity contribution < 1.29 is 29.3 Å². The van der Waals surface area contributed by atoms with Gasteiger partial charge in [-0.2, -0.15) is 0 Å². The Morgan fingerprint density at radius 2 is 2.00 bits per heavy atom. The summed E-state index contributed by atoms with van der Waals surface area (Å²) >= 11 is 0. The van der Waals surface area contributed by atoms with Crippen LogP contribution in [0.3, 0.4) is 0 Å². The van der Waals surface area contributed by atoms with Gasteiger partial charge in [-0.1, -0.05) is 25.5 Å². The topological polar surface area (TPSA) is 93.1 Å². The molecule has 0 amide bonds. The fraction of sp³-hybridized carbons (Fsp3) is 0.750. The minimum Gasteiger partial charge on any atom is -0.393 e. The van der Waals surface area contributed by atoms with Crippen LogP contribution in [0.25, 0.3) is 0 Å². The molecular weight excluding hydrogens is 384 g/mol. The van der Waals surface area contributed by atoms with E-state index in [1.54, 1.807) is 26.0 Å². The second-order valence-corrected chi connectivity index (χ2v) is 10.9. The Kier molecular flexibility index (Phi) is 4.20. The second-order valence-electron chi connectivity index (χ2n) is 10.9. The minimum absolute atomic E-state index is 0.0167. The highest BCUT2D eigenvalue weighted by Crippen LogP contribution is 2.70. The molecular formula is C24H32O6. The van der Waals surface area contributed by atoms with E-state index in [4.69, 9.17) is 9.47 Å². The van der Waals surface area contributed by atoms with Crippen LogP contribution >= 0.6 is 0 Å². The molecule has 0 spiro atoms. The quantitative estimate of drug-likeness (QED) is 0.718. The summed E-state index contributed by atoms with van der Waals surface area (Å²) in [4.78, 5) is 25.1. The van der Waals surface area contributed by atoms with E-state index in [1.807, 2.05) is 13.0 Å². The van der Waals surface area contributed by atoms with Gasteiger partial charge in [-0.15, -0.1) is 0 Å². The van der Waals surface area contributed by atoms with Gasteiger partial charge in [0.15, 0.2) is 23.0 Å². The van der Waals surface area contributed by atoms with Crippen LogP contribution in [0.4, 0.5) is 0 Å². The summed E-state index contributed by atoms with van der Waals surface area (Å²) in [6.45, 7) is 7.19. The zero-order valence-electron chi connectivity index (χ0n) is 18.2. The van der Waals surface area contributed by atoms with E-state index in [1.165, 1.54) is 0 Å². The van der Waals surface area contributed by atoms with E-state index in [-0.39, 0.29) is 34.7 Å². The molecule has 4 fully saturated rings. The van der Waals surface area contributed by atoms with Gasteiger partial charge in [0, 0.05) is 16.7 Å². The van der Waals surface area contributed by atoms with E-state index >= 15 is 0 Å². The van der Waals surface area contributed by atoms with Crippen LogP contribution in [0.1, 0.15) is 53.4 Å². The summed E-state index contributed by atoms with van der Waals surface area (Å²) in [5.41, 5.74) is -1.12. The number of rotatable bonds is 2. The molecule has 0 aromatic carbocycles. The number of ether oxygens (including phenoxy) is 2. The van der Waals surface area contributed by atoms with E-state index in [9.17, 15) is 19.8 Å². The van der Waals surface area contributed by atoms with E-state index in [2.05, 4.69) is 6.92 Å². The van der Waals surface area contributed by atoms with E-state index in [0.717, 1.165) is 18.4 Å². The summed E-state index contributed by atoms with van der Waals surface area (Å²) in [6.07, 6.45) is 7.04. The maximum Gasteiger partial charge on any atom is 0.193 e. The van der Waals surface area contributed by atoms with Gasteiger partial charge >= 0.3 is 0 Å². The lowest BCUT2D eigenvalue weighted by Crippen LogP contribution is -2.63. The molecule has 3 saturated carbocycles. The molecule has 0 aromatic heterocycles. The number of fused-ring (bicyclic) bond motifs is 7. The Bertz CT molecular complexity index is 873. The van der Waals surface area contributed by atoms with Crippen molar-refractivity contribution in [2.45, 2.75) is 77.0 Å². The van der Waals surface area contributed by atoms with Gasteiger partial charge in [0.05, 0.1) is 12.2 Å². The lowest BCUT2D eigenvalue weighted by molar-refractivity contribution is -0.225. The molecule has 5 aliphatic rings. The minimum atomic E-state index is -1.24. The summed E-state index contributed by atoms with van der Waals surface area (Å²) < 4.78 is 12.6. The van der Waals surface area contributed by atoms with E-state index in [0.29, 0.717) is 12.8 Å². The standard InChI is InChI=1S/C24H32O6/c1-21(2)29-19-10-16-15-6-5-13-9-14(26)7-8-22(13,3)20(15)17(27)11-23(16,4)24(19,30-21)18(28)12-25/h7-9,15-17,19-20,25,27H,5-6,10-12H2,1-4H3/t15-,16-,17+,19+,20?,22-,23+,24-/m1/s1. The molecule has 2 N–H and O–H groups in total. The SMILES string of the molecule is CC1(C)O[C@H]2C[C@@H]3[C@H]4CCC5=CC(=O)C=C[C@@]5(C)C4[C@@H](O)C[C@]3(C)[C@]2(C(=O)CO)O1. The molecule has 5 rings (SSSR count). The van der Waals surface area contributed by atoms with Crippen molar-refractivity contribution in [3.63, 3.8) is 0 Å². The number of Topliss-reactive ketones (excluding diaryl/α,β-unsaturated/α-hetero) is 1. The highest BCUT2D eigenvalue weighted by molar-refractivity contribution is 6.01. The fourth-order valence-corrected chi connectivity index (χ4v) is 8.04. The van der Waals surface area contributed by atoms with Crippen LogP contribution < -0.4 is 0 Å². The summed E-state index contributed by atoms with van der Waals surface area (Å²) in [7, 11) is 0. The van der Waals surface area contributed by atoms with Gasteiger partial charge in [0.1, 0.15) is 6.61 Å². The third kappa shape index (κ3) is 2.34. The number of carbonyl (C=O) groups excluding carboxylic acids is 2. The maximum atomic E-state index is 13.2. The predicted octanol–water partition coefficient (Wildman–Crippen LogP) is 2.33. The lowest BCUT2D eigenvalue weighted by atomic mass is 9.46. The summed E-state index contributed by atoms with van der Waals surface area (Å²) in [5, 5.41) is 21.3. The van der Waals surface area contributed by atoms with Crippen molar-refractivity contribution in [2.24, 2.45) is 28.6 Å². The molecule has 164 valence electrons. The third-order valence-electron chi connectivity index (χ3n) is 9.05. The third-order valence-corrected chi connectivity index (χ3v) is 9.05. The molecule has 1 saturated heterocycles. The average molecular weight is 417 g/mol. The molecule has 4 aliphatic carbocycles. The highest BCUT2D eigenvalue weighted by atomic mass is 16.8. The molecule has 8 atom stereocenters. The van der Waals surface area contributed by atoms with Crippen LogP contribution in [-0.2, 0) is 19.1 Å². The molecule has 6 heteroatoms. The molecule has 0 aromatic rings. The summed E-state index contributed by atoms with van der Waals surface area (Å²) in [6, 6.07) is 0. The van der Waals surface area contributed by atoms with Gasteiger partial charge in [-0.25, -0.2) is 0 Å². The van der Waals surface area contributed by atoms with Crippen molar-refractivity contribution >= 4 is 11.6 Å². The van der Waals surface area contributed by atoms with Crippen LogP contribution in [-0.4, -0.2) is 52.0 Å². The number of ketones is 2. The molecule has 0 radical (unpaired) electrons. The number of carbonyl (C=O) groups is 2. The Morgan fingerprint density at radius 1 is 1.27 bits per heavy atom. The number of allylic oxidation sites excluding steroid dienone is 4. The van der Waals surface area contributed by atoms with Crippen molar-refractivity contribution in [3.05, 3.63) is 23.8 Å². The van der Waals surface area contributed by atoms with Gasteiger partial charge in [0.2, 0.25) is 0 Å². The maximum absolute atomic E-state index is 13.2. The average Bonchev–Trinajstić information content (AvgIpc) is 3.07. The summed E-state index contributed by atoms with van der Waals surface area (Å²) in [5.74, 6) is -0.947. The van der Waals surface area contributed by atoms with Crippen molar-refractivity contribution in [2.75, 3.05) is 6.61 Å². The predicted molar refractivity (Wildman–Crippen MR) is 108 cm³/mol. The Morgan fingerprint density at radius 3 is 2.70 bits per heavy atom. The molecule has 1 unspecified atom stereocenters. The lowest BCUT2D eigenvalue weighted by Gasteiger charge is -2.59. The Hall–Kier alpha value is -1.34. The smallest absolute Gasteiger partial charge is 0.193 e. The van der Waals surface area contributed by atoms with Crippen LogP contribution in [0.2, 0.25) is 0 Å². The van der Waals surface area contributed by atoms with Crippen LogP contribution in [0, 0.1) is 28.6 Å². The first-order chi connectivity index (χ1) is 14.0. The zero-order valence-corrected chi connectivity index (χ0v) is 18.2. The van der Waals surface area contributed by atoms with Crippen molar-refractivity contribution in [3.8, 4) is 0 Å². The van der Waals surface area contributed by atoms with Gasteiger partial charge in [-0.05, 0) is 63.5 Å². The molecule has 1 heterocycles.